The molecule has 25 heavy (non-hydrogen) atoms. The lowest BCUT2D eigenvalue weighted by molar-refractivity contribution is 0.416. The SMILES string of the molecule is COc1ccccc1-c1cc2ccccc2c(-c2ccc(C)cc2)n1. The molecular formula is C23H19NO. The second kappa shape index (κ2) is 6.40. The fourth-order valence-electron chi connectivity index (χ4n) is 3.12. The summed E-state index contributed by atoms with van der Waals surface area (Å²) in [5.74, 6) is 0.833. The summed E-state index contributed by atoms with van der Waals surface area (Å²) >= 11 is 0. The summed E-state index contributed by atoms with van der Waals surface area (Å²) in [6.45, 7) is 2.10. The number of nitrogens with zero attached hydrogens (tertiary/aromatic N) is 1. The molecule has 122 valence electrons. The van der Waals surface area contributed by atoms with Crippen LogP contribution in [-0.4, -0.2) is 12.1 Å². The molecule has 3 aromatic carbocycles. The Morgan fingerprint density at radius 3 is 2.32 bits per heavy atom. The molecule has 0 spiro atoms. The maximum atomic E-state index is 5.53. The minimum atomic E-state index is 0.833. The van der Waals surface area contributed by atoms with Gasteiger partial charge >= 0.3 is 0 Å². The van der Waals surface area contributed by atoms with Gasteiger partial charge in [0.25, 0.3) is 0 Å². The van der Waals surface area contributed by atoms with Crippen molar-refractivity contribution in [3.8, 4) is 28.3 Å². The highest BCUT2D eigenvalue weighted by Gasteiger charge is 2.12. The van der Waals surface area contributed by atoms with Crippen molar-refractivity contribution in [1.82, 2.24) is 4.98 Å². The van der Waals surface area contributed by atoms with Crippen LogP contribution in [0.15, 0.2) is 78.9 Å². The van der Waals surface area contributed by atoms with Crippen LogP contribution >= 0.6 is 0 Å². The molecule has 0 fully saturated rings. The second-order valence-corrected chi connectivity index (χ2v) is 6.14. The Labute approximate surface area is 147 Å². The Bertz CT molecular complexity index is 1040. The van der Waals surface area contributed by atoms with Crippen LogP contribution in [0, 0.1) is 6.92 Å². The van der Waals surface area contributed by atoms with Crippen molar-refractivity contribution in [2.45, 2.75) is 6.92 Å². The van der Waals surface area contributed by atoms with Crippen LogP contribution in [0.2, 0.25) is 0 Å². The lowest BCUT2D eigenvalue weighted by Crippen LogP contribution is -1.93. The van der Waals surface area contributed by atoms with E-state index >= 15 is 0 Å². The van der Waals surface area contributed by atoms with Crippen molar-refractivity contribution < 1.29 is 4.74 Å². The van der Waals surface area contributed by atoms with Crippen LogP contribution in [0.5, 0.6) is 5.75 Å². The third-order valence-electron chi connectivity index (χ3n) is 4.45. The van der Waals surface area contributed by atoms with Gasteiger partial charge in [0.1, 0.15) is 5.75 Å². The van der Waals surface area contributed by atoms with Crippen LogP contribution in [-0.2, 0) is 0 Å². The van der Waals surface area contributed by atoms with E-state index in [1.165, 1.54) is 10.9 Å². The van der Waals surface area contributed by atoms with Gasteiger partial charge in [-0.2, -0.15) is 0 Å². The topological polar surface area (TPSA) is 22.1 Å². The molecule has 2 nitrogen and oxygen atoms in total. The van der Waals surface area contributed by atoms with Gasteiger partial charge in [-0.3, -0.25) is 0 Å². The summed E-state index contributed by atoms with van der Waals surface area (Å²) in [6, 6.07) is 27.0. The standard InChI is InChI=1S/C23H19NO/c1-16-11-13-17(14-12-16)23-19-8-4-3-7-18(19)15-21(24-23)20-9-5-6-10-22(20)25-2/h3-15H,1-2H3. The molecule has 0 N–H and O–H groups in total. The number of hydrogen-bond acceptors (Lipinski definition) is 2. The minimum absolute atomic E-state index is 0.833. The molecule has 1 heterocycles. The molecule has 0 amide bonds. The molecule has 2 heteroatoms. The van der Waals surface area contributed by atoms with E-state index in [0.717, 1.165) is 33.7 Å². The fourth-order valence-corrected chi connectivity index (χ4v) is 3.12. The second-order valence-electron chi connectivity index (χ2n) is 6.14. The Hall–Kier alpha value is -3.13. The minimum Gasteiger partial charge on any atom is -0.496 e. The number of aryl methyl sites for hydroxylation is 1. The van der Waals surface area contributed by atoms with E-state index in [0.29, 0.717) is 0 Å². The molecule has 0 saturated heterocycles. The summed E-state index contributed by atoms with van der Waals surface area (Å²) in [5.41, 5.74) is 5.29. The first kappa shape index (κ1) is 15.4. The van der Waals surface area contributed by atoms with Gasteiger partial charge in [0.2, 0.25) is 0 Å². The highest BCUT2D eigenvalue weighted by Crippen LogP contribution is 2.34. The highest BCUT2D eigenvalue weighted by atomic mass is 16.5. The van der Waals surface area contributed by atoms with E-state index in [1.54, 1.807) is 7.11 Å². The molecule has 1 aromatic heterocycles. The van der Waals surface area contributed by atoms with Crippen molar-refractivity contribution in [2.75, 3.05) is 7.11 Å². The fraction of sp³-hybridized carbons (Fsp3) is 0.0870. The molecule has 0 radical (unpaired) electrons. The van der Waals surface area contributed by atoms with E-state index in [1.807, 2.05) is 18.2 Å². The number of aromatic nitrogens is 1. The lowest BCUT2D eigenvalue weighted by atomic mass is 10.00. The van der Waals surface area contributed by atoms with Crippen molar-refractivity contribution in [3.05, 3.63) is 84.4 Å². The average molecular weight is 325 g/mol. The highest BCUT2D eigenvalue weighted by molar-refractivity contribution is 5.97. The zero-order valence-corrected chi connectivity index (χ0v) is 14.4. The van der Waals surface area contributed by atoms with Crippen LogP contribution in [0.3, 0.4) is 0 Å². The molecule has 4 rings (SSSR count). The average Bonchev–Trinajstić information content (AvgIpc) is 2.68. The lowest BCUT2D eigenvalue weighted by Gasteiger charge is -2.12. The van der Waals surface area contributed by atoms with Crippen molar-refractivity contribution in [2.24, 2.45) is 0 Å². The molecule has 0 bridgehead atoms. The molecular weight excluding hydrogens is 306 g/mol. The van der Waals surface area contributed by atoms with Crippen molar-refractivity contribution >= 4 is 10.8 Å². The van der Waals surface area contributed by atoms with Gasteiger partial charge in [-0.15, -0.1) is 0 Å². The van der Waals surface area contributed by atoms with Gasteiger partial charge in [-0.1, -0.05) is 66.2 Å². The summed E-state index contributed by atoms with van der Waals surface area (Å²) in [4.78, 5) is 5.00. The molecule has 0 aliphatic carbocycles. The van der Waals surface area contributed by atoms with Crippen molar-refractivity contribution in [1.29, 1.82) is 0 Å². The van der Waals surface area contributed by atoms with Crippen molar-refractivity contribution in [3.63, 3.8) is 0 Å². The third kappa shape index (κ3) is 2.87. The smallest absolute Gasteiger partial charge is 0.128 e. The number of para-hydroxylation sites is 1. The first-order valence-electron chi connectivity index (χ1n) is 8.36. The van der Waals surface area contributed by atoms with E-state index in [-0.39, 0.29) is 0 Å². The van der Waals surface area contributed by atoms with Gasteiger partial charge in [0.05, 0.1) is 18.5 Å². The number of pyridine rings is 1. The number of hydrogen-bond donors (Lipinski definition) is 0. The number of methoxy groups -OCH3 is 1. The van der Waals surface area contributed by atoms with Crippen LogP contribution < -0.4 is 4.74 Å². The largest absolute Gasteiger partial charge is 0.496 e. The summed E-state index contributed by atoms with van der Waals surface area (Å²) in [7, 11) is 1.70. The quantitative estimate of drug-likeness (QED) is 0.469. The Morgan fingerprint density at radius 2 is 1.52 bits per heavy atom. The first-order valence-corrected chi connectivity index (χ1v) is 8.36. The zero-order chi connectivity index (χ0) is 17.2. The molecule has 0 atom stereocenters. The zero-order valence-electron chi connectivity index (χ0n) is 14.4. The summed E-state index contributed by atoms with van der Waals surface area (Å²) in [5, 5.41) is 2.33. The Kier molecular flexibility index (Phi) is 3.95. The van der Waals surface area contributed by atoms with Gasteiger partial charge < -0.3 is 4.74 Å². The first-order chi connectivity index (χ1) is 12.3. The van der Waals surface area contributed by atoms with E-state index < -0.39 is 0 Å². The molecule has 0 saturated carbocycles. The summed E-state index contributed by atoms with van der Waals surface area (Å²) in [6.07, 6.45) is 0. The van der Waals surface area contributed by atoms with Gasteiger partial charge in [0, 0.05) is 16.5 Å². The predicted octanol–water partition coefficient (Wildman–Crippen LogP) is 5.89. The Balaban J connectivity index is 2.00. The monoisotopic (exact) mass is 325 g/mol. The van der Waals surface area contributed by atoms with Gasteiger partial charge in [0.15, 0.2) is 0 Å². The number of benzene rings is 3. The van der Waals surface area contributed by atoms with Crippen LogP contribution in [0.1, 0.15) is 5.56 Å². The number of rotatable bonds is 3. The van der Waals surface area contributed by atoms with E-state index in [9.17, 15) is 0 Å². The predicted molar refractivity (Wildman–Crippen MR) is 104 cm³/mol. The van der Waals surface area contributed by atoms with E-state index in [4.69, 9.17) is 9.72 Å². The summed E-state index contributed by atoms with van der Waals surface area (Å²) < 4.78 is 5.53. The Morgan fingerprint density at radius 1 is 0.800 bits per heavy atom. The normalized spacial score (nSPS) is 10.8. The van der Waals surface area contributed by atoms with Gasteiger partial charge in [-0.25, -0.2) is 4.98 Å². The molecule has 0 unspecified atom stereocenters. The number of ether oxygens (including phenoxy) is 1. The maximum absolute atomic E-state index is 5.53. The molecule has 0 aliphatic rings. The van der Waals surface area contributed by atoms with Crippen LogP contribution in [0.25, 0.3) is 33.3 Å². The van der Waals surface area contributed by atoms with E-state index in [2.05, 4.69) is 67.6 Å². The third-order valence-corrected chi connectivity index (χ3v) is 4.45. The molecule has 4 aromatic rings. The maximum Gasteiger partial charge on any atom is 0.128 e. The molecule has 0 aliphatic heterocycles. The van der Waals surface area contributed by atoms with Gasteiger partial charge in [-0.05, 0) is 30.5 Å². The van der Waals surface area contributed by atoms with Crippen LogP contribution in [0.4, 0.5) is 0 Å². The number of fused-ring (bicyclic) bond motifs is 1.